The van der Waals surface area contributed by atoms with Crippen LogP contribution in [-0.4, -0.2) is 21.1 Å². The van der Waals surface area contributed by atoms with Gasteiger partial charge in [-0.2, -0.15) is 0 Å². The van der Waals surface area contributed by atoms with Gasteiger partial charge in [-0.15, -0.1) is 0 Å². The van der Waals surface area contributed by atoms with Crippen molar-refractivity contribution in [2.45, 2.75) is 24.8 Å². The Morgan fingerprint density at radius 1 is 1.35 bits per heavy atom. The first-order valence-corrected chi connectivity index (χ1v) is 7.55. The molecule has 5 heteroatoms. The maximum Gasteiger partial charge on any atom is 0.205 e. The van der Waals surface area contributed by atoms with Gasteiger partial charge in [-0.05, 0) is 43.7 Å². The molecule has 0 aliphatic carbocycles. The molecule has 92 valence electrons. The quantitative estimate of drug-likeness (QED) is 0.861. The van der Waals surface area contributed by atoms with E-state index in [1.807, 2.05) is 13.8 Å². The van der Waals surface area contributed by atoms with Crippen LogP contribution in [0, 0.1) is 0 Å². The summed E-state index contributed by atoms with van der Waals surface area (Å²) in [7, 11) is -3.34. The monoisotopic (exact) mass is 316 g/mol. The second-order valence-electron chi connectivity index (χ2n) is 4.16. The third-order valence-corrected chi connectivity index (χ3v) is 4.85. The number of halogens is 1. The molecule has 1 heterocycles. The Balaban J connectivity index is 2.37. The van der Waals surface area contributed by atoms with E-state index in [1.165, 1.54) is 0 Å². The zero-order valence-electron chi connectivity index (χ0n) is 9.60. The molecule has 0 atom stereocenters. The van der Waals surface area contributed by atoms with Gasteiger partial charge in [0.05, 0.1) is 22.5 Å². The summed E-state index contributed by atoms with van der Waals surface area (Å²) in [6.45, 7) is 3.89. The van der Waals surface area contributed by atoms with Crippen molar-refractivity contribution in [3.63, 3.8) is 0 Å². The van der Waals surface area contributed by atoms with Crippen molar-refractivity contribution >= 4 is 31.8 Å². The summed E-state index contributed by atoms with van der Waals surface area (Å²) in [4.78, 5) is 0.697. The van der Waals surface area contributed by atoms with Crippen LogP contribution in [0.25, 0.3) is 6.08 Å². The Morgan fingerprint density at radius 3 is 2.71 bits per heavy atom. The summed E-state index contributed by atoms with van der Waals surface area (Å²) in [5, 5.41) is 0. The van der Waals surface area contributed by atoms with Crippen molar-refractivity contribution in [3.05, 3.63) is 33.1 Å². The molecule has 0 saturated heterocycles. The van der Waals surface area contributed by atoms with E-state index in [4.69, 9.17) is 4.74 Å². The van der Waals surface area contributed by atoms with Gasteiger partial charge in [0.25, 0.3) is 0 Å². The van der Waals surface area contributed by atoms with Crippen molar-refractivity contribution < 1.29 is 13.2 Å². The van der Waals surface area contributed by atoms with Gasteiger partial charge in [0, 0.05) is 4.47 Å². The van der Waals surface area contributed by atoms with Crippen LogP contribution in [0.5, 0.6) is 0 Å². The van der Waals surface area contributed by atoms with E-state index in [2.05, 4.69) is 15.9 Å². The van der Waals surface area contributed by atoms with Crippen molar-refractivity contribution in [2.75, 3.05) is 6.61 Å². The summed E-state index contributed by atoms with van der Waals surface area (Å²) in [5.41, 5.74) is 0.724. The van der Waals surface area contributed by atoms with Gasteiger partial charge in [0.1, 0.15) is 0 Å². The van der Waals surface area contributed by atoms with Crippen LogP contribution < -0.4 is 0 Å². The molecule has 0 radical (unpaired) electrons. The Morgan fingerprint density at radius 2 is 2.06 bits per heavy atom. The molecule has 0 fully saturated rings. The van der Waals surface area contributed by atoms with Crippen LogP contribution in [-0.2, 0) is 14.6 Å². The molecule has 0 saturated carbocycles. The molecule has 2 rings (SSSR count). The lowest BCUT2D eigenvalue weighted by Gasteiger charge is -2.08. The van der Waals surface area contributed by atoms with Gasteiger partial charge in [-0.25, -0.2) is 8.42 Å². The zero-order valence-corrected chi connectivity index (χ0v) is 12.0. The van der Waals surface area contributed by atoms with E-state index < -0.39 is 9.84 Å². The van der Waals surface area contributed by atoms with Crippen molar-refractivity contribution in [2.24, 2.45) is 0 Å². The number of hydrogen-bond donors (Lipinski definition) is 0. The minimum atomic E-state index is -3.34. The lowest BCUT2D eigenvalue weighted by Crippen LogP contribution is -2.10. The van der Waals surface area contributed by atoms with E-state index in [0.29, 0.717) is 9.80 Å². The highest BCUT2D eigenvalue weighted by atomic mass is 79.9. The molecule has 0 amide bonds. The molecule has 1 aromatic rings. The van der Waals surface area contributed by atoms with Crippen LogP contribution >= 0.6 is 15.9 Å². The predicted molar refractivity (Wildman–Crippen MR) is 70.4 cm³/mol. The van der Waals surface area contributed by atoms with Crippen LogP contribution in [0.4, 0.5) is 0 Å². The fourth-order valence-electron chi connectivity index (χ4n) is 1.64. The van der Waals surface area contributed by atoms with Gasteiger partial charge < -0.3 is 4.74 Å². The average molecular weight is 317 g/mol. The number of rotatable bonds is 3. The Labute approximate surface area is 110 Å². The number of sulfone groups is 1. The normalized spacial score (nSPS) is 17.1. The van der Waals surface area contributed by atoms with Crippen molar-refractivity contribution in [3.8, 4) is 0 Å². The van der Waals surface area contributed by atoms with E-state index in [0.717, 1.165) is 10.0 Å². The zero-order chi connectivity index (χ0) is 12.6. The minimum Gasteiger partial charge on any atom is -0.373 e. The molecule has 3 nitrogen and oxygen atoms in total. The highest BCUT2D eigenvalue weighted by Crippen LogP contribution is 2.34. The van der Waals surface area contributed by atoms with Crippen molar-refractivity contribution in [1.82, 2.24) is 0 Å². The first-order valence-electron chi connectivity index (χ1n) is 5.28. The lowest BCUT2D eigenvalue weighted by atomic mass is 10.2. The van der Waals surface area contributed by atoms with Crippen LogP contribution in [0.3, 0.4) is 0 Å². The molecular formula is C12H13BrO3S. The van der Waals surface area contributed by atoms with Gasteiger partial charge in [-0.1, -0.05) is 15.9 Å². The first kappa shape index (κ1) is 12.8. The largest absolute Gasteiger partial charge is 0.373 e. The smallest absolute Gasteiger partial charge is 0.205 e. The van der Waals surface area contributed by atoms with E-state index in [1.54, 1.807) is 24.3 Å². The van der Waals surface area contributed by atoms with E-state index >= 15 is 0 Å². The number of ether oxygens (including phenoxy) is 1. The van der Waals surface area contributed by atoms with Crippen LogP contribution in [0.1, 0.15) is 19.4 Å². The second-order valence-corrected chi connectivity index (χ2v) is 7.04. The summed E-state index contributed by atoms with van der Waals surface area (Å²) in [6, 6.07) is 5.15. The highest BCUT2D eigenvalue weighted by Gasteiger charge is 2.29. The summed E-state index contributed by atoms with van der Waals surface area (Å²) in [5.74, 6) is 0. The average Bonchev–Trinajstić information content (AvgIpc) is 2.46. The number of benzene rings is 1. The minimum absolute atomic E-state index is 0.0153. The fraction of sp³-hybridized carbons (Fsp3) is 0.333. The molecule has 0 bridgehead atoms. The van der Waals surface area contributed by atoms with E-state index in [-0.39, 0.29) is 12.7 Å². The standard InChI is InChI=1S/C12H13BrO3S/c1-8(2)16-7-11-6-9-5-10(13)3-4-12(9)17(11,14)15/h3-6,8H,7H2,1-2H3. The third-order valence-electron chi connectivity index (χ3n) is 2.48. The first-order chi connectivity index (χ1) is 7.91. The molecule has 1 aromatic carbocycles. The molecule has 1 aliphatic heterocycles. The number of fused-ring (bicyclic) bond motifs is 1. The maximum absolute atomic E-state index is 12.1. The van der Waals surface area contributed by atoms with Gasteiger partial charge in [0.2, 0.25) is 9.84 Å². The maximum atomic E-state index is 12.1. The molecule has 0 unspecified atom stereocenters. The summed E-state index contributed by atoms with van der Waals surface area (Å²) >= 11 is 3.33. The topological polar surface area (TPSA) is 43.4 Å². The summed E-state index contributed by atoms with van der Waals surface area (Å²) < 4.78 is 30.5. The molecule has 0 aromatic heterocycles. The fourth-order valence-corrected chi connectivity index (χ4v) is 3.48. The van der Waals surface area contributed by atoms with E-state index in [9.17, 15) is 8.42 Å². The molecule has 0 N–H and O–H groups in total. The Kier molecular flexibility index (Phi) is 3.43. The SMILES string of the molecule is CC(C)OCC1=Cc2cc(Br)ccc2S1(=O)=O. The van der Waals surface area contributed by atoms with Gasteiger partial charge in [0.15, 0.2) is 0 Å². The van der Waals surface area contributed by atoms with Crippen LogP contribution in [0.15, 0.2) is 32.5 Å². The van der Waals surface area contributed by atoms with Gasteiger partial charge >= 0.3 is 0 Å². The number of hydrogen-bond acceptors (Lipinski definition) is 3. The molecule has 1 aliphatic rings. The van der Waals surface area contributed by atoms with Gasteiger partial charge in [-0.3, -0.25) is 0 Å². The van der Waals surface area contributed by atoms with Crippen LogP contribution in [0.2, 0.25) is 0 Å². The Hall–Kier alpha value is -0.650. The molecule has 17 heavy (non-hydrogen) atoms. The predicted octanol–water partition coefficient (Wildman–Crippen LogP) is 3.00. The molecule has 0 spiro atoms. The lowest BCUT2D eigenvalue weighted by molar-refractivity contribution is 0.101. The Bertz CT molecular complexity index is 573. The molecular weight excluding hydrogens is 304 g/mol. The highest BCUT2D eigenvalue weighted by molar-refractivity contribution is 9.10. The summed E-state index contributed by atoms with van der Waals surface area (Å²) in [6.07, 6.45) is 1.69. The van der Waals surface area contributed by atoms with Crippen molar-refractivity contribution in [1.29, 1.82) is 0 Å². The second kappa shape index (κ2) is 4.55. The third kappa shape index (κ3) is 2.46.